The minimum Gasteiger partial charge on any atom is -0.489 e. The van der Waals surface area contributed by atoms with E-state index in [0.29, 0.717) is 6.54 Å². The van der Waals surface area contributed by atoms with Crippen molar-refractivity contribution < 1.29 is 9.26 Å². The largest absolute Gasteiger partial charge is 0.489 e. The SMILES string of the molecule is CN=C(NCC(C)Oc1ccccc1)N1CCN(Cc2ccon2)CC1.I. The van der Waals surface area contributed by atoms with Gasteiger partial charge in [-0.25, -0.2) is 0 Å². The first-order valence-electron chi connectivity index (χ1n) is 9.03. The molecule has 1 atom stereocenters. The molecule has 2 aromatic rings. The summed E-state index contributed by atoms with van der Waals surface area (Å²) < 4.78 is 10.8. The molecule has 0 bridgehead atoms. The van der Waals surface area contributed by atoms with Crippen molar-refractivity contribution in [2.75, 3.05) is 39.8 Å². The molecule has 1 aromatic carbocycles. The Morgan fingerprint density at radius 2 is 1.96 bits per heavy atom. The smallest absolute Gasteiger partial charge is 0.193 e. The van der Waals surface area contributed by atoms with Crippen LogP contribution in [0.1, 0.15) is 12.6 Å². The quantitative estimate of drug-likeness (QED) is 0.386. The van der Waals surface area contributed by atoms with E-state index in [2.05, 4.69) is 32.2 Å². The molecule has 1 aromatic heterocycles. The number of guanidine groups is 1. The molecule has 2 heterocycles. The molecule has 148 valence electrons. The third-order valence-corrected chi connectivity index (χ3v) is 4.39. The van der Waals surface area contributed by atoms with Crippen LogP contribution in [-0.2, 0) is 6.54 Å². The van der Waals surface area contributed by atoms with Crippen molar-refractivity contribution in [3.63, 3.8) is 0 Å². The maximum absolute atomic E-state index is 5.91. The molecule has 0 aliphatic carbocycles. The van der Waals surface area contributed by atoms with Crippen LogP contribution >= 0.6 is 24.0 Å². The number of piperazine rings is 1. The second-order valence-electron chi connectivity index (χ2n) is 6.42. The van der Waals surface area contributed by atoms with Gasteiger partial charge in [-0.1, -0.05) is 23.4 Å². The lowest BCUT2D eigenvalue weighted by atomic mass is 10.3. The van der Waals surface area contributed by atoms with Crippen molar-refractivity contribution in [2.45, 2.75) is 19.6 Å². The Morgan fingerprint density at radius 1 is 1.22 bits per heavy atom. The maximum Gasteiger partial charge on any atom is 0.193 e. The van der Waals surface area contributed by atoms with Crippen LogP contribution in [0.5, 0.6) is 5.75 Å². The highest BCUT2D eigenvalue weighted by Gasteiger charge is 2.20. The first kappa shape index (κ1) is 21.5. The zero-order valence-corrected chi connectivity index (χ0v) is 18.2. The Hall–Kier alpha value is -1.81. The van der Waals surface area contributed by atoms with Crippen molar-refractivity contribution in [3.8, 4) is 5.75 Å². The third kappa shape index (κ3) is 6.69. The van der Waals surface area contributed by atoms with Gasteiger partial charge in [-0.3, -0.25) is 9.89 Å². The van der Waals surface area contributed by atoms with Gasteiger partial charge in [0.05, 0.1) is 12.2 Å². The average molecular weight is 485 g/mol. The highest BCUT2D eigenvalue weighted by Crippen LogP contribution is 2.11. The highest BCUT2D eigenvalue weighted by molar-refractivity contribution is 14.0. The predicted molar refractivity (Wildman–Crippen MR) is 117 cm³/mol. The Bertz CT molecular complexity index is 673. The second kappa shape index (κ2) is 11.1. The van der Waals surface area contributed by atoms with E-state index in [1.807, 2.05) is 43.4 Å². The number of rotatable bonds is 6. The van der Waals surface area contributed by atoms with Crippen molar-refractivity contribution in [1.29, 1.82) is 0 Å². The summed E-state index contributed by atoms with van der Waals surface area (Å²) in [6.45, 7) is 7.42. The first-order valence-corrected chi connectivity index (χ1v) is 9.03. The van der Waals surface area contributed by atoms with Crippen LogP contribution in [0.15, 0.2) is 52.2 Å². The number of benzene rings is 1. The van der Waals surface area contributed by atoms with Crippen LogP contribution in [0.4, 0.5) is 0 Å². The van der Waals surface area contributed by atoms with Crippen LogP contribution in [0.2, 0.25) is 0 Å². The van der Waals surface area contributed by atoms with Crippen LogP contribution in [-0.4, -0.2) is 66.8 Å². The molecule has 1 fully saturated rings. The van der Waals surface area contributed by atoms with Crippen LogP contribution in [0, 0.1) is 0 Å². The van der Waals surface area contributed by atoms with Crippen molar-refractivity contribution >= 4 is 29.9 Å². The van der Waals surface area contributed by atoms with E-state index < -0.39 is 0 Å². The summed E-state index contributed by atoms with van der Waals surface area (Å²) in [5.74, 6) is 1.81. The molecule has 1 aliphatic heterocycles. The van der Waals surface area contributed by atoms with Gasteiger partial charge in [0.1, 0.15) is 18.1 Å². The minimum absolute atomic E-state index is 0. The molecule has 1 N–H and O–H groups in total. The van der Waals surface area contributed by atoms with Gasteiger partial charge in [-0.15, -0.1) is 24.0 Å². The van der Waals surface area contributed by atoms with Crippen molar-refractivity contribution in [3.05, 3.63) is 48.4 Å². The Labute approximate surface area is 177 Å². The standard InChI is InChI=1S/C19H27N5O2.HI/c1-16(26-18-6-4-3-5-7-18)14-21-19(20-2)24-11-9-23(10-12-24)15-17-8-13-25-22-17;/h3-8,13,16H,9-12,14-15H2,1-2H3,(H,20,21);1H. The van der Waals surface area contributed by atoms with E-state index in [0.717, 1.165) is 50.1 Å². The Morgan fingerprint density at radius 3 is 2.59 bits per heavy atom. The fourth-order valence-electron chi connectivity index (χ4n) is 3.01. The lowest BCUT2D eigenvalue weighted by molar-refractivity contribution is 0.167. The summed E-state index contributed by atoms with van der Waals surface area (Å²) in [5, 5.41) is 7.41. The fraction of sp³-hybridized carbons (Fsp3) is 0.474. The van der Waals surface area contributed by atoms with Gasteiger partial charge in [0.25, 0.3) is 0 Å². The van der Waals surface area contributed by atoms with Crippen molar-refractivity contribution in [1.82, 2.24) is 20.3 Å². The summed E-state index contributed by atoms with van der Waals surface area (Å²) in [7, 11) is 1.83. The van der Waals surface area contributed by atoms with Crippen LogP contribution in [0.3, 0.4) is 0 Å². The van der Waals surface area contributed by atoms with Gasteiger partial charge in [-0.2, -0.15) is 0 Å². The number of nitrogens with zero attached hydrogens (tertiary/aromatic N) is 4. The summed E-state index contributed by atoms with van der Waals surface area (Å²) >= 11 is 0. The molecule has 3 rings (SSSR count). The van der Waals surface area contributed by atoms with E-state index in [9.17, 15) is 0 Å². The summed E-state index contributed by atoms with van der Waals surface area (Å²) in [5.41, 5.74) is 0.979. The van der Waals surface area contributed by atoms with Gasteiger partial charge in [0.15, 0.2) is 5.96 Å². The van der Waals surface area contributed by atoms with E-state index in [1.54, 1.807) is 6.26 Å². The number of nitrogens with one attached hydrogen (secondary N) is 1. The molecule has 1 aliphatic rings. The molecule has 1 unspecified atom stereocenters. The number of hydrogen-bond acceptors (Lipinski definition) is 5. The van der Waals surface area contributed by atoms with Gasteiger partial charge in [-0.05, 0) is 19.1 Å². The highest BCUT2D eigenvalue weighted by atomic mass is 127. The lowest BCUT2D eigenvalue weighted by Gasteiger charge is -2.36. The van der Waals surface area contributed by atoms with Gasteiger partial charge in [0, 0.05) is 45.8 Å². The molecule has 0 spiro atoms. The van der Waals surface area contributed by atoms with E-state index >= 15 is 0 Å². The predicted octanol–water partition coefficient (Wildman–Crippen LogP) is 2.45. The Balaban J connectivity index is 0.00000261. The maximum atomic E-state index is 5.91. The molecule has 0 radical (unpaired) electrons. The third-order valence-electron chi connectivity index (χ3n) is 4.39. The molecular formula is C19H28IN5O2. The number of hydrogen-bond donors (Lipinski definition) is 1. The zero-order valence-electron chi connectivity index (χ0n) is 15.9. The number of aliphatic imine (C=N–C) groups is 1. The summed E-state index contributed by atoms with van der Waals surface area (Å²) in [6, 6.07) is 11.8. The molecule has 7 nitrogen and oxygen atoms in total. The summed E-state index contributed by atoms with van der Waals surface area (Å²) in [4.78, 5) is 9.09. The Kier molecular flexibility index (Phi) is 8.86. The normalized spacial score (nSPS) is 16.5. The number of para-hydroxylation sites is 1. The van der Waals surface area contributed by atoms with E-state index in [4.69, 9.17) is 9.26 Å². The topological polar surface area (TPSA) is 66.1 Å². The second-order valence-corrected chi connectivity index (χ2v) is 6.42. The monoisotopic (exact) mass is 485 g/mol. The molecule has 8 heteroatoms. The number of halogens is 1. The van der Waals surface area contributed by atoms with Gasteiger partial charge in [0.2, 0.25) is 0 Å². The molecular weight excluding hydrogens is 457 g/mol. The number of ether oxygens (including phenoxy) is 1. The number of aromatic nitrogens is 1. The first-order chi connectivity index (χ1) is 12.7. The van der Waals surface area contributed by atoms with E-state index in [-0.39, 0.29) is 30.1 Å². The van der Waals surface area contributed by atoms with Gasteiger partial charge >= 0.3 is 0 Å². The average Bonchev–Trinajstić information content (AvgIpc) is 3.17. The molecule has 0 saturated carbocycles. The molecule has 1 saturated heterocycles. The van der Waals surface area contributed by atoms with Crippen LogP contribution in [0.25, 0.3) is 0 Å². The zero-order chi connectivity index (χ0) is 18.2. The lowest BCUT2D eigenvalue weighted by Crippen LogP contribution is -2.53. The summed E-state index contributed by atoms with van der Waals surface area (Å²) in [6.07, 6.45) is 1.68. The molecule has 0 amide bonds. The van der Waals surface area contributed by atoms with Crippen molar-refractivity contribution in [2.24, 2.45) is 4.99 Å². The van der Waals surface area contributed by atoms with Gasteiger partial charge < -0.3 is 19.5 Å². The molecule has 27 heavy (non-hydrogen) atoms. The minimum atomic E-state index is 0. The van der Waals surface area contributed by atoms with E-state index in [1.165, 1.54) is 0 Å². The van der Waals surface area contributed by atoms with Crippen LogP contribution < -0.4 is 10.1 Å². The fourth-order valence-corrected chi connectivity index (χ4v) is 3.01.